The van der Waals surface area contributed by atoms with Crippen LogP contribution in [0.2, 0.25) is 0 Å². The molecule has 2 nitrogen and oxygen atoms in total. The predicted molar refractivity (Wildman–Crippen MR) is 120 cm³/mol. The van der Waals surface area contributed by atoms with E-state index in [0.29, 0.717) is 0 Å². The van der Waals surface area contributed by atoms with Crippen LogP contribution in [0.15, 0.2) is 60.8 Å². The molecule has 3 aromatic rings. The Kier molecular flexibility index (Phi) is 3.90. The van der Waals surface area contributed by atoms with Crippen LogP contribution in [0.25, 0.3) is 11.3 Å². The summed E-state index contributed by atoms with van der Waals surface area (Å²) in [5, 5.41) is 0. The minimum absolute atomic E-state index is 0.130. The molecule has 0 bridgehead atoms. The molecule has 2 aromatic carbocycles. The van der Waals surface area contributed by atoms with Crippen LogP contribution in [0.1, 0.15) is 54.4 Å². The monoisotopic (exact) mass is 396 g/mol. The highest BCUT2D eigenvalue weighted by Crippen LogP contribution is 2.62. The van der Waals surface area contributed by atoms with Crippen molar-refractivity contribution in [2.45, 2.75) is 62.9 Å². The first kappa shape index (κ1) is 18.2. The third kappa shape index (κ3) is 2.34. The highest BCUT2D eigenvalue weighted by molar-refractivity contribution is 5.74. The van der Waals surface area contributed by atoms with Gasteiger partial charge in [-0.3, -0.25) is 0 Å². The average Bonchev–Trinajstić information content (AvgIpc) is 3.25. The van der Waals surface area contributed by atoms with Crippen LogP contribution in [0, 0.1) is 6.92 Å². The van der Waals surface area contributed by atoms with Crippen LogP contribution in [0.4, 0.5) is 0 Å². The molecular weight excluding hydrogens is 366 g/mol. The van der Waals surface area contributed by atoms with Gasteiger partial charge in [-0.2, -0.15) is 0 Å². The molecule has 0 saturated heterocycles. The van der Waals surface area contributed by atoms with Gasteiger partial charge in [-0.25, -0.2) is 4.57 Å². The van der Waals surface area contributed by atoms with Gasteiger partial charge in [0.1, 0.15) is 18.4 Å². The molecule has 2 heteroatoms. The highest BCUT2D eigenvalue weighted by atomic mass is 16.5. The van der Waals surface area contributed by atoms with E-state index in [4.69, 9.17) is 4.74 Å². The Morgan fingerprint density at radius 1 is 0.833 bits per heavy atom. The van der Waals surface area contributed by atoms with Crippen LogP contribution in [-0.2, 0) is 25.3 Å². The number of aromatic nitrogens is 1. The van der Waals surface area contributed by atoms with Gasteiger partial charge in [0, 0.05) is 36.0 Å². The van der Waals surface area contributed by atoms with Gasteiger partial charge >= 0.3 is 0 Å². The average molecular weight is 397 g/mol. The number of ether oxygens (including phenoxy) is 1. The summed E-state index contributed by atoms with van der Waals surface area (Å²) in [5.74, 6) is 1.16. The van der Waals surface area contributed by atoms with Gasteiger partial charge in [0.15, 0.2) is 6.20 Å². The molecule has 6 rings (SSSR count). The molecule has 0 unspecified atom stereocenters. The van der Waals surface area contributed by atoms with Crippen molar-refractivity contribution in [3.8, 4) is 17.0 Å². The molecule has 0 atom stereocenters. The Balaban J connectivity index is 1.59. The van der Waals surface area contributed by atoms with E-state index >= 15 is 0 Å². The van der Waals surface area contributed by atoms with E-state index in [1.807, 2.05) is 0 Å². The maximum absolute atomic E-state index is 7.24. The van der Waals surface area contributed by atoms with Crippen molar-refractivity contribution in [2.24, 2.45) is 7.05 Å². The molecular formula is C28H30NO+. The lowest BCUT2D eigenvalue weighted by molar-refractivity contribution is -0.660. The molecule has 1 fully saturated rings. The molecule has 2 heterocycles. The lowest BCUT2D eigenvalue weighted by Gasteiger charge is -2.45. The maximum Gasteiger partial charge on any atom is 0.216 e. The molecule has 2 aliphatic carbocycles. The second-order valence-electron chi connectivity index (χ2n) is 9.69. The second kappa shape index (κ2) is 6.44. The maximum atomic E-state index is 7.24. The number of benzene rings is 2. The third-order valence-electron chi connectivity index (χ3n) is 8.14. The van der Waals surface area contributed by atoms with Crippen LogP contribution >= 0.6 is 0 Å². The summed E-state index contributed by atoms with van der Waals surface area (Å²) in [7, 11) is 2.14. The minimum Gasteiger partial charge on any atom is -0.484 e. The van der Waals surface area contributed by atoms with Crippen molar-refractivity contribution < 1.29 is 9.30 Å². The highest BCUT2D eigenvalue weighted by Gasteiger charge is 2.62. The van der Waals surface area contributed by atoms with Gasteiger partial charge in [0.2, 0.25) is 5.69 Å². The summed E-state index contributed by atoms with van der Waals surface area (Å²) in [4.78, 5) is 0. The van der Waals surface area contributed by atoms with Crippen molar-refractivity contribution >= 4 is 0 Å². The number of nitrogens with zero attached hydrogens (tertiary/aromatic N) is 1. The molecule has 0 amide bonds. The van der Waals surface area contributed by atoms with E-state index < -0.39 is 0 Å². The predicted octanol–water partition coefficient (Wildman–Crippen LogP) is 5.62. The molecule has 30 heavy (non-hydrogen) atoms. The molecule has 3 aliphatic rings. The van der Waals surface area contributed by atoms with Crippen molar-refractivity contribution in [3.05, 3.63) is 83.0 Å². The fourth-order valence-corrected chi connectivity index (χ4v) is 6.67. The summed E-state index contributed by atoms with van der Waals surface area (Å²) in [6.07, 6.45) is 10.7. The van der Waals surface area contributed by atoms with Crippen LogP contribution in [-0.4, -0.2) is 5.60 Å². The summed E-state index contributed by atoms with van der Waals surface area (Å²) in [6, 6.07) is 20.2. The molecule has 1 saturated carbocycles. The molecule has 2 spiro atoms. The van der Waals surface area contributed by atoms with Crippen LogP contribution in [0.3, 0.4) is 0 Å². The van der Waals surface area contributed by atoms with E-state index in [1.54, 1.807) is 0 Å². The SMILES string of the molecule is Cc1ccc2c(c1-c1cccc[n+]1C)OC1(Cc3ccccc3C1)C21CCCCC1. The Morgan fingerprint density at radius 3 is 2.23 bits per heavy atom. The van der Waals surface area contributed by atoms with E-state index in [-0.39, 0.29) is 11.0 Å². The number of hydrogen-bond donors (Lipinski definition) is 0. The first-order chi connectivity index (χ1) is 14.6. The summed E-state index contributed by atoms with van der Waals surface area (Å²) >= 11 is 0. The Morgan fingerprint density at radius 2 is 1.53 bits per heavy atom. The quantitative estimate of drug-likeness (QED) is 0.487. The van der Waals surface area contributed by atoms with Gasteiger partial charge in [0.25, 0.3) is 0 Å². The molecule has 1 aliphatic heterocycles. The van der Waals surface area contributed by atoms with Gasteiger partial charge in [-0.1, -0.05) is 55.7 Å². The van der Waals surface area contributed by atoms with E-state index in [1.165, 1.54) is 65.6 Å². The largest absolute Gasteiger partial charge is 0.484 e. The first-order valence-electron chi connectivity index (χ1n) is 11.5. The summed E-state index contributed by atoms with van der Waals surface area (Å²) in [6.45, 7) is 2.23. The van der Waals surface area contributed by atoms with Crippen molar-refractivity contribution in [2.75, 3.05) is 0 Å². The lowest BCUT2D eigenvalue weighted by Crippen LogP contribution is -2.53. The zero-order chi connectivity index (χ0) is 20.3. The van der Waals surface area contributed by atoms with E-state index in [9.17, 15) is 0 Å². The van der Waals surface area contributed by atoms with Gasteiger partial charge in [-0.05, 0) is 42.5 Å². The zero-order valence-electron chi connectivity index (χ0n) is 18.1. The minimum atomic E-state index is -0.130. The standard InChI is InChI=1S/C28H30NO/c1-20-13-14-23-26(25(20)24-12-6-9-17-29(24)2)30-28(27(23)15-7-3-8-16-27)18-21-10-4-5-11-22(21)19-28/h4-6,9-14,17H,3,7-8,15-16,18-19H2,1-2H3/q+1. The summed E-state index contributed by atoms with van der Waals surface area (Å²) in [5.41, 5.74) is 8.27. The van der Waals surface area contributed by atoms with Gasteiger partial charge in [-0.15, -0.1) is 0 Å². The van der Waals surface area contributed by atoms with Crippen molar-refractivity contribution in [1.29, 1.82) is 0 Å². The lowest BCUT2D eigenvalue weighted by atomic mass is 9.59. The fourth-order valence-electron chi connectivity index (χ4n) is 6.67. The Labute approximate surface area is 179 Å². The Bertz CT molecular complexity index is 1110. The zero-order valence-corrected chi connectivity index (χ0v) is 18.1. The second-order valence-corrected chi connectivity index (χ2v) is 9.69. The number of aryl methyl sites for hydroxylation is 2. The van der Waals surface area contributed by atoms with Gasteiger partial charge in [0.05, 0.1) is 5.56 Å². The van der Waals surface area contributed by atoms with Gasteiger partial charge < -0.3 is 4.74 Å². The number of pyridine rings is 1. The smallest absolute Gasteiger partial charge is 0.216 e. The summed E-state index contributed by atoms with van der Waals surface area (Å²) < 4.78 is 9.47. The van der Waals surface area contributed by atoms with E-state index in [2.05, 4.69) is 79.3 Å². The normalized spacial score (nSPS) is 20.2. The molecule has 1 aromatic heterocycles. The molecule has 0 radical (unpaired) electrons. The van der Waals surface area contributed by atoms with Crippen LogP contribution in [0.5, 0.6) is 5.75 Å². The topological polar surface area (TPSA) is 13.1 Å². The van der Waals surface area contributed by atoms with Crippen LogP contribution < -0.4 is 9.30 Å². The number of fused-ring (bicyclic) bond motifs is 4. The molecule has 0 N–H and O–H groups in total. The van der Waals surface area contributed by atoms with E-state index in [0.717, 1.165) is 18.6 Å². The number of rotatable bonds is 1. The first-order valence-corrected chi connectivity index (χ1v) is 11.5. The fraction of sp³-hybridized carbons (Fsp3) is 0.393. The van der Waals surface area contributed by atoms with Crippen molar-refractivity contribution in [1.82, 2.24) is 0 Å². The molecule has 152 valence electrons. The Hall–Kier alpha value is -2.61. The third-order valence-corrected chi connectivity index (χ3v) is 8.14. The van der Waals surface area contributed by atoms with Crippen molar-refractivity contribution in [3.63, 3.8) is 0 Å². The number of hydrogen-bond acceptors (Lipinski definition) is 1.